The minimum absolute atomic E-state index is 0.0444. The second-order valence-electron chi connectivity index (χ2n) is 5.65. The molecule has 1 fully saturated rings. The minimum atomic E-state index is -0.137. The van der Waals surface area contributed by atoms with Gasteiger partial charge in [0, 0.05) is 38.5 Å². The molecule has 1 heterocycles. The van der Waals surface area contributed by atoms with Crippen molar-refractivity contribution in [2.24, 2.45) is 5.73 Å². The van der Waals surface area contributed by atoms with Crippen LogP contribution < -0.4 is 11.1 Å². The van der Waals surface area contributed by atoms with Crippen molar-refractivity contribution in [2.45, 2.75) is 45.3 Å². The fourth-order valence-corrected chi connectivity index (χ4v) is 2.52. The van der Waals surface area contributed by atoms with Crippen LogP contribution in [0.4, 0.5) is 0 Å². The number of carbonyl (C=O) groups is 2. The number of rotatable bonds is 6. The Bertz CT molecular complexity index is 514. The van der Waals surface area contributed by atoms with Gasteiger partial charge in [0.15, 0.2) is 0 Å². The van der Waals surface area contributed by atoms with Crippen LogP contribution in [0.5, 0.6) is 0 Å². The Kier molecular flexibility index (Phi) is 5.33. The average molecular weight is 289 g/mol. The Morgan fingerprint density at radius 1 is 1.38 bits per heavy atom. The van der Waals surface area contributed by atoms with E-state index in [1.54, 1.807) is 0 Å². The van der Waals surface area contributed by atoms with Gasteiger partial charge in [-0.05, 0) is 24.5 Å². The summed E-state index contributed by atoms with van der Waals surface area (Å²) < 4.78 is 0. The van der Waals surface area contributed by atoms with E-state index in [0.29, 0.717) is 25.9 Å². The number of carbonyl (C=O) groups excluding carboxylic acids is 2. The molecule has 1 aliphatic rings. The van der Waals surface area contributed by atoms with Gasteiger partial charge in [-0.25, -0.2) is 0 Å². The standard InChI is InChI=1S/C16H23N3O2/c1-12(17)9-15(20)18-10-13-5-2-3-6-14(13)11-19-8-4-7-16(19)21/h2-3,5-6,12H,4,7-11,17H2,1H3,(H,18,20). The molecule has 1 aromatic carbocycles. The summed E-state index contributed by atoms with van der Waals surface area (Å²) in [5.41, 5.74) is 7.75. The monoisotopic (exact) mass is 289 g/mol. The van der Waals surface area contributed by atoms with Crippen LogP contribution in [0.1, 0.15) is 37.3 Å². The van der Waals surface area contributed by atoms with E-state index in [4.69, 9.17) is 5.73 Å². The lowest BCUT2D eigenvalue weighted by Crippen LogP contribution is -2.30. The molecule has 1 saturated heterocycles. The van der Waals surface area contributed by atoms with Gasteiger partial charge in [-0.2, -0.15) is 0 Å². The molecule has 5 nitrogen and oxygen atoms in total. The van der Waals surface area contributed by atoms with Crippen LogP contribution in [0.2, 0.25) is 0 Å². The normalized spacial score (nSPS) is 16.1. The maximum Gasteiger partial charge on any atom is 0.222 e. The highest BCUT2D eigenvalue weighted by molar-refractivity contribution is 5.78. The number of nitrogens with one attached hydrogen (secondary N) is 1. The highest BCUT2D eigenvalue weighted by Crippen LogP contribution is 2.17. The SMILES string of the molecule is CC(N)CC(=O)NCc1ccccc1CN1CCCC1=O. The summed E-state index contributed by atoms with van der Waals surface area (Å²) in [6.07, 6.45) is 1.91. The highest BCUT2D eigenvalue weighted by Gasteiger charge is 2.20. The highest BCUT2D eigenvalue weighted by atomic mass is 16.2. The zero-order valence-electron chi connectivity index (χ0n) is 12.5. The number of benzene rings is 1. The molecule has 0 saturated carbocycles. The van der Waals surface area contributed by atoms with Crippen molar-refractivity contribution >= 4 is 11.8 Å². The Balaban J connectivity index is 1.96. The first-order valence-electron chi connectivity index (χ1n) is 7.43. The molecule has 2 rings (SSSR count). The van der Waals surface area contributed by atoms with Gasteiger partial charge in [-0.15, -0.1) is 0 Å². The second kappa shape index (κ2) is 7.22. The maximum atomic E-state index is 11.7. The van der Waals surface area contributed by atoms with Crippen molar-refractivity contribution < 1.29 is 9.59 Å². The van der Waals surface area contributed by atoms with E-state index < -0.39 is 0 Å². The molecule has 3 N–H and O–H groups in total. The topological polar surface area (TPSA) is 75.4 Å². The van der Waals surface area contributed by atoms with Crippen LogP contribution in [0, 0.1) is 0 Å². The molecule has 114 valence electrons. The predicted octanol–water partition coefficient (Wildman–Crippen LogP) is 1.16. The Hall–Kier alpha value is -1.88. The fraction of sp³-hybridized carbons (Fsp3) is 0.500. The van der Waals surface area contributed by atoms with Crippen LogP contribution >= 0.6 is 0 Å². The predicted molar refractivity (Wildman–Crippen MR) is 81.2 cm³/mol. The van der Waals surface area contributed by atoms with E-state index in [9.17, 15) is 9.59 Å². The van der Waals surface area contributed by atoms with Crippen molar-refractivity contribution in [3.8, 4) is 0 Å². The lowest BCUT2D eigenvalue weighted by Gasteiger charge is -2.18. The molecule has 1 unspecified atom stereocenters. The summed E-state index contributed by atoms with van der Waals surface area (Å²) in [6, 6.07) is 7.77. The molecule has 0 aliphatic carbocycles. The van der Waals surface area contributed by atoms with Gasteiger partial charge in [0.25, 0.3) is 0 Å². The zero-order chi connectivity index (χ0) is 15.2. The lowest BCUT2D eigenvalue weighted by atomic mass is 10.1. The number of nitrogens with two attached hydrogens (primary N) is 1. The summed E-state index contributed by atoms with van der Waals surface area (Å²) in [6.45, 7) is 3.73. The summed E-state index contributed by atoms with van der Waals surface area (Å²) >= 11 is 0. The molecule has 0 bridgehead atoms. The van der Waals surface area contributed by atoms with Gasteiger partial charge in [0.1, 0.15) is 0 Å². The van der Waals surface area contributed by atoms with E-state index in [0.717, 1.165) is 24.1 Å². The van der Waals surface area contributed by atoms with Crippen LogP contribution in [-0.4, -0.2) is 29.3 Å². The summed E-state index contributed by atoms with van der Waals surface area (Å²) in [7, 11) is 0. The minimum Gasteiger partial charge on any atom is -0.352 e. The Labute approximate surface area is 125 Å². The van der Waals surface area contributed by atoms with Gasteiger partial charge in [-0.3, -0.25) is 9.59 Å². The number of likely N-dealkylation sites (tertiary alicyclic amines) is 1. The van der Waals surface area contributed by atoms with Crippen molar-refractivity contribution in [1.29, 1.82) is 0 Å². The first-order valence-corrected chi connectivity index (χ1v) is 7.43. The quantitative estimate of drug-likeness (QED) is 0.825. The van der Waals surface area contributed by atoms with Crippen LogP contribution in [0.3, 0.4) is 0 Å². The molecule has 0 aromatic heterocycles. The van der Waals surface area contributed by atoms with Crippen molar-refractivity contribution in [3.63, 3.8) is 0 Å². The molecule has 1 atom stereocenters. The molecular formula is C16H23N3O2. The van der Waals surface area contributed by atoms with Crippen molar-refractivity contribution in [3.05, 3.63) is 35.4 Å². The van der Waals surface area contributed by atoms with Crippen molar-refractivity contribution in [2.75, 3.05) is 6.54 Å². The summed E-state index contributed by atoms with van der Waals surface area (Å²) in [5, 5.41) is 2.88. The Morgan fingerprint density at radius 3 is 2.71 bits per heavy atom. The largest absolute Gasteiger partial charge is 0.352 e. The number of nitrogens with zero attached hydrogens (tertiary/aromatic N) is 1. The molecular weight excluding hydrogens is 266 g/mol. The van der Waals surface area contributed by atoms with E-state index >= 15 is 0 Å². The van der Waals surface area contributed by atoms with Gasteiger partial charge in [0.2, 0.25) is 11.8 Å². The van der Waals surface area contributed by atoms with Gasteiger partial charge in [0.05, 0.1) is 0 Å². The van der Waals surface area contributed by atoms with E-state index in [1.807, 2.05) is 36.1 Å². The first-order chi connectivity index (χ1) is 10.1. The number of hydrogen-bond donors (Lipinski definition) is 2. The lowest BCUT2D eigenvalue weighted by molar-refractivity contribution is -0.128. The zero-order valence-corrected chi connectivity index (χ0v) is 12.5. The molecule has 1 aromatic rings. The third-order valence-electron chi connectivity index (χ3n) is 3.63. The summed E-state index contributed by atoms with van der Waals surface area (Å²) in [5.74, 6) is 0.169. The fourth-order valence-electron chi connectivity index (χ4n) is 2.52. The van der Waals surface area contributed by atoms with E-state index in [-0.39, 0.29) is 17.9 Å². The molecule has 21 heavy (non-hydrogen) atoms. The third-order valence-corrected chi connectivity index (χ3v) is 3.63. The van der Waals surface area contributed by atoms with E-state index in [1.165, 1.54) is 0 Å². The van der Waals surface area contributed by atoms with Crippen LogP contribution in [0.15, 0.2) is 24.3 Å². The average Bonchev–Trinajstić information content (AvgIpc) is 2.83. The van der Waals surface area contributed by atoms with Gasteiger partial charge < -0.3 is 16.0 Å². The molecule has 0 radical (unpaired) electrons. The van der Waals surface area contributed by atoms with E-state index in [2.05, 4.69) is 5.32 Å². The number of amides is 2. The number of hydrogen-bond acceptors (Lipinski definition) is 3. The second-order valence-corrected chi connectivity index (χ2v) is 5.65. The third kappa shape index (κ3) is 4.56. The molecule has 1 aliphatic heterocycles. The molecule has 5 heteroatoms. The molecule has 2 amide bonds. The smallest absolute Gasteiger partial charge is 0.222 e. The van der Waals surface area contributed by atoms with Gasteiger partial charge in [-0.1, -0.05) is 24.3 Å². The van der Waals surface area contributed by atoms with Crippen molar-refractivity contribution in [1.82, 2.24) is 10.2 Å². The first kappa shape index (κ1) is 15.5. The Morgan fingerprint density at radius 2 is 2.10 bits per heavy atom. The molecule has 0 spiro atoms. The maximum absolute atomic E-state index is 11.7. The van der Waals surface area contributed by atoms with Gasteiger partial charge >= 0.3 is 0 Å². The van der Waals surface area contributed by atoms with Crippen LogP contribution in [-0.2, 0) is 22.7 Å². The van der Waals surface area contributed by atoms with Crippen LogP contribution in [0.25, 0.3) is 0 Å². The summed E-state index contributed by atoms with van der Waals surface area (Å²) in [4.78, 5) is 25.3.